The molecule has 0 aliphatic carbocycles. The van der Waals surface area contributed by atoms with Crippen molar-refractivity contribution < 1.29 is 9.18 Å². The molecule has 1 aromatic rings. The summed E-state index contributed by atoms with van der Waals surface area (Å²) in [6.07, 6.45) is 1.24. The van der Waals surface area contributed by atoms with E-state index in [-0.39, 0.29) is 17.8 Å². The summed E-state index contributed by atoms with van der Waals surface area (Å²) < 4.78 is 12.8. The van der Waals surface area contributed by atoms with Crippen molar-refractivity contribution in [1.29, 1.82) is 0 Å². The maximum Gasteiger partial charge on any atom is 0.237 e. The van der Waals surface area contributed by atoms with Crippen LogP contribution in [-0.2, 0) is 11.3 Å². The second-order valence-corrected chi connectivity index (χ2v) is 6.42. The van der Waals surface area contributed by atoms with Crippen LogP contribution in [0.25, 0.3) is 0 Å². The molecule has 3 atom stereocenters. The van der Waals surface area contributed by atoms with Crippen LogP contribution in [-0.4, -0.2) is 29.9 Å². The molecule has 1 fully saturated rings. The monoisotopic (exact) mass is 292 g/mol. The molecule has 1 heterocycles. The lowest BCUT2D eigenvalue weighted by Crippen LogP contribution is -2.50. The Morgan fingerprint density at radius 1 is 1.29 bits per heavy atom. The van der Waals surface area contributed by atoms with Crippen molar-refractivity contribution in [3.63, 3.8) is 0 Å². The maximum absolute atomic E-state index is 12.8. The number of benzene rings is 1. The Bertz CT molecular complexity index is 464. The zero-order chi connectivity index (χ0) is 15.4. The molecular formula is C17H25FN2O. The number of nitrogens with one attached hydrogen (secondary N) is 1. The van der Waals surface area contributed by atoms with E-state index in [1.165, 1.54) is 18.6 Å². The molecule has 1 aliphatic heterocycles. The van der Waals surface area contributed by atoms with Gasteiger partial charge in [-0.25, -0.2) is 4.39 Å². The van der Waals surface area contributed by atoms with Crippen molar-refractivity contribution in [2.24, 2.45) is 11.8 Å². The molecule has 0 saturated carbocycles. The molecule has 0 radical (unpaired) electrons. The lowest BCUT2D eigenvalue weighted by Gasteiger charge is -2.38. The van der Waals surface area contributed by atoms with E-state index in [1.807, 2.05) is 6.92 Å². The zero-order valence-corrected chi connectivity index (χ0v) is 13.1. The molecule has 1 aliphatic rings. The number of carbonyl (C=O) groups is 1. The predicted octanol–water partition coefficient (Wildman–Crippen LogP) is 2.81. The van der Waals surface area contributed by atoms with Crippen molar-refractivity contribution in [1.82, 2.24) is 10.2 Å². The molecule has 3 nitrogen and oxygen atoms in total. The first-order valence-electron chi connectivity index (χ1n) is 7.72. The van der Waals surface area contributed by atoms with Crippen LogP contribution in [0.3, 0.4) is 0 Å². The van der Waals surface area contributed by atoms with E-state index in [0.717, 1.165) is 18.7 Å². The highest BCUT2D eigenvalue weighted by molar-refractivity contribution is 5.81. The minimum absolute atomic E-state index is 0.0422. The first-order valence-corrected chi connectivity index (χ1v) is 7.72. The Hall–Kier alpha value is -1.42. The van der Waals surface area contributed by atoms with Crippen molar-refractivity contribution in [3.05, 3.63) is 35.6 Å². The zero-order valence-electron chi connectivity index (χ0n) is 13.1. The van der Waals surface area contributed by atoms with Gasteiger partial charge in [0.25, 0.3) is 0 Å². The van der Waals surface area contributed by atoms with E-state index in [2.05, 4.69) is 24.1 Å². The molecule has 1 aromatic carbocycles. The number of hydrogen-bond acceptors (Lipinski definition) is 2. The molecule has 0 bridgehead atoms. The Kier molecular flexibility index (Phi) is 5.34. The molecule has 116 valence electrons. The summed E-state index contributed by atoms with van der Waals surface area (Å²) in [6.45, 7) is 8.86. The van der Waals surface area contributed by atoms with Crippen LogP contribution in [0.2, 0.25) is 0 Å². The minimum Gasteiger partial charge on any atom is -0.351 e. The van der Waals surface area contributed by atoms with Crippen LogP contribution in [0.4, 0.5) is 4.39 Å². The summed E-state index contributed by atoms with van der Waals surface area (Å²) >= 11 is 0. The smallest absolute Gasteiger partial charge is 0.237 e. The van der Waals surface area contributed by atoms with Gasteiger partial charge in [0.05, 0.1) is 6.04 Å². The Balaban J connectivity index is 1.86. The predicted molar refractivity (Wildman–Crippen MR) is 82.2 cm³/mol. The quantitative estimate of drug-likeness (QED) is 0.925. The minimum atomic E-state index is -0.255. The van der Waals surface area contributed by atoms with Crippen LogP contribution < -0.4 is 5.32 Å². The van der Waals surface area contributed by atoms with E-state index in [0.29, 0.717) is 18.4 Å². The number of rotatable bonds is 4. The average molecular weight is 292 g/mol. The van der Waals surface area contributed by atoms with E-state index in [4.69, 9.17) is 0 Å². The van der Waals surface area contributed by atoms with Crippen molar-refractivity contribution >= 4 is 5.91 Å². The van der Waals surface area contributed by atoms with Crippen LogP contribution in [0.15, 0.2) is 24.3 Å². The average Bonchev–Trinajstić information content (AvgIpc) is 2.44. The molecule has 0 spiro atoms. The highest BCUT2D eigenvalue weighted by Crippen LogP contribution is 2.22. The van der Waals surface area contributed by atoms with Crippen molar-refractivity contribution in [3.8, 4) is 0 Å². The van der Waals surface area contributed by atoms with Gasteiger partial charge in [-0.1, -0.05) is 26.0 Å². The summed E-state index contributed by atoms with van der Waals surface area (Å²) in [4.78, 5) is 14.5. The molecule has 3 unspecified atom stereocenters. The fraction of sp³-hybridized carbons (Fsp3) is 0.588. The van der Waals surface area contributed by atoms with Crippen LogP contribution in [0.5, 0.6) is 0 Å². The van der Waals surface area contributed by atoms with Gasteiger partial charge in [-0.3, -0.25) is 9.69 Å². The molecular weight excluding hydrogens is 267 g/mol. The number of halogens is 1. The fourth-order valence-corrected chi connectivity index (χ4v) is 3.13. The SMILES string of the molecule is CC1CC(C)CN(C(C)C(=O)NCc2ccc(F)cc2)C1. The Morgan fingerprint density at radius 2 is 1.86 bits per heavy atom. The first-order chi connectivity index (χ1) is 9.95. The molecule has 0 aromatic heterocycles. The second-order valence-electron chi connectivity index (χ2n) is 6.42. The molecule has 1 amide bonds. The van der Waals surface area contributed by atoms with Gasteiger partial charge in [-0.05, 0) is 42.9 Å². The third-order valence-electron chi connectivity index (χ3n) is 4.20. The van der Waals surface area contributed by atoms with Gasteiger partial charge in [0.2, 0.25) is 5.91 Å². The molecule has 1 N–H and O–H groups in total. The molecule has 4 heteroatoms. The van der Waals surface area contributed by atoms with Gasteiger partial charge < -0.3 is 5.32 Å². The second kappa shape index (κ2) is 7.03. The van der Waals surface area contributed by atoms with Crippen molar-refractivity contribution in [2.45, 2.75) is 39.8 Å². The van der Waals surface area contributed by atoms with Gasteiger partial charge in [-0.2, -0.15) is 0 Å². The normalized spacial score (nSPS) is 24.6. The van der Waals surface area contributed by atoms with Gasteiger partial charge >= 0.3 is 0 Å². The Labute approximate surface area is 126 Å². The maximum atomic E-state index is 12.8. The number of hydrogen-bond donors (Lipinski definition) is 1. The topological polar surface area (TPSA) is 32.3 Å². The molecule has 1 saturated heterocycles. The van der Waals surface area contributed by atoms with E-state index in [1.54, 1.807) is 12.1 Å². The molecule has 21 heavy (non-hydrogen) atoms. The highest BCUT2D eigenvalue weighted by atomic mass is 19.1. The standard InChI is InChI=1S/C17H25FN2O/c1-12-8-13(2)11-20(10-12)14(3)17(21)19-9-15-4-6-16(18)7-5-15/h4-7,12-14H,8-11H2,1-3H3,(H,19,21). The largest absolute Gasteiger partial charge is 0.351 e. The van der Waals surface area contributed by atoms with Gasteiger partial charge in [-0.15, -0.1) is 0 Å². The summed E-state index contributed by atoms with van der Waals surface area (Å²) in [5, 5.41) is 2.94. The number of carbonyl (C=O) groups excluding carboxylic acids is 1. The summed E-state index contributed by atoms with van der Waals surface area (Å²) in [7, 11) is 0. The van der Waals surface area contributed by atoms with Gasteiger partial charge in [0.1, 0.15) is 5.82 Å². The Morgan fingerprint density at radius 3 is 2.43 bits per heavy atom. The van der Waals surface area contributed by atoms with Crippen LogP contribution >= 0.6 is 0 Å². The van der Waals surface area contributed by atoms with E-state index in [9.17, 15) is 9.18 Å². The van der Waals surface area contributed by atoms with Gasteiger partial charge in [0.15, 0.2) is 0 Å². The van der Waals surface area contributed by atoms with E-state index < -0.39 is 0 Å². The number of likely N-dealkylation sites (tertiary alicyclic amines) is 1. The third-order valence-corrected chi connectivity index (χ3v) is 4.20. The third kappa shape index (κ3) is 4.53. The fourth-order valence-electron chi connectivity index (χ4n) is 3.13. The lowest BCUT2D eigenvalue weighted by atomic mass is 9.91. The van der Waals surface area contributed by atoms with E-state index >= 15 is 0 Å². The summed E-state index contributed by atoms with van der Waals surface area (Å²) in [5.41, 5.74) is 0.914. The highest BCUT2D eigenvalue weighted by Gasteiger charge is 2.28. The number of nitrogens with zero attached hydrogens (tertiary/aromatic N) is 1. The molecule has 2 rings (SSSR count). The summed E-state index contributed by atoms with van der Waals surface area (Å²) in [6, 6.07) is 6.12. The first kappa shape index (κ1) is 16.0. The van der Waals surface area contributed by atoms with Crippen LogP contribution in [0, 0.1) is 17.7 Å². The van der Waals surface area contributed by atoms with Gasteiger partial charge in [0, 0.05) is 19.6 Å². The number of amides is 1. The van der Waals surface area contributed by atoms with Crippen molar-refractivity contribution in [2.75, 3.05) is 13.1 Å². The van der Waals surface area contributed by atoms with Crippen LogP contribution in [0.1, 0.15) is 32.8 Å². The summed E-state index contributed by atoms with van der Waals surface area (Å²) in [5.74, 6) is 1.07. The number of piperidine rings is 1. The lowest BCUT2D eigenvalue weighted by molar-refractivity contribution is -0.127.